The minimum atomic E-state index is -0.233. The van der Waals surface area contributed by atoms with Crippen LogP contribution in [0, 0.1) is 5.92 Å². The van der Waals surface area contributed by atoms with Gasteiger partial charge in [0.25, 0.3) is 0 Å². The van der Waals surface area contributed by atoms with Crippen LogP contribution in [0.15, 0.2) is 42.5 Å². The number of carbonyl (C=O) groups excluding carboxylic acids is 2. The molecule has 0 bridgehead atoms. The molecule has 1 unspecified atom stereocenters. The zero-order valence-corrected chi connectivity index (χ0v) is 18.6. The fraction of sp³-hybridized carbons (Fsp3) is 0.440. The van der Waals surface area contributed by atoms with E-state index >= 15 is 0 Å². The summed E-state index contributed by atoms with van der Waals surface area (Å²) in [6.45, 7) is 7.16. The summed E-state index contributed by atoms with van der Waals surface area (Å²) < 4.78 is 0. The van der Waals surface area contributed by atoms with E-state index in [0.29, 0.717) is 38.3 Å². The summed E-state index contributed by atoms with van der Waals surface area (Å²) in [7, 11) is 0. The van der Waals surface area contributed by atoms with E-state index in [2.05, 4.69) is 36.6 Å². The van der Waals surface area contributed by atoms with Crippen LogP contribution in [0.1, 0.15) is 56.2 Å². The van der Waals surface area contributed by atoms with Crippen molar-refractivity contribution < 1.29 is 19.8 Å². The number of hydrogen-bond acceptors (Lipinski definition) is 4. The lowest BCUT2D eigenvalue weighted by atomic mass is 9.96. The number of phenolic OH excluding ortho intramolecular Hbond substituents is 2. The second kappa shape index (κ2) is 12.0. The van der Waals surface area contributed by atoms with Crippen LogP contribution in [0.3, 0.4) is 0 Å². The van der Waals surface area contributed by atoms with Gasteiger partial charge in [0, 0.05) is 19.5 Å². The van der Waals surface area contributed by atoms with E-state index in [-0.39, 0.29) is 29.2 Å². The summed E-state index contributed by atoms with van der Waals surface area (Å²) in [5.41, 5.74) is 3.09. The number of hydrogen-bond donors (Lipinski definition) is 4. The Kier molecular flexibility index (Phi) is 9.38. The highest BCUT2D eigenvalue weighted by molar-refractivity contribution is 5.83. The third-order valence-electron chi connectivity index (χ3n) is 5.17. The Morgan fingerprint density at radius 2 is 1.55 bits per heavy atom. The lowest BCUT2D eigenvalue weighted by Gasteiger charge is -2.14. The topological polar surface area (TPSA) is 98.7 Å². The molecule has 0 aromatic heterocycles. The van der Waals surface area contributed by atoms with Crippen LogP contribution < -0.4 is 10.6 Å². The molecule has 2 rings (SSSR count). The molecule has 0 aliphatic rings. The van der Waals surface area contributed by atoms with Crippen molar-refractivity contribution in [3.63, 3.8) is 0 Å². The van der Waals surface area contributed by atoms with Crippen LogP contribution >= 0.6 is 0 Å². The van der Waals surface area contributed by atoms with Crippen LogP contribution in [0.5, 0.6) is 11.5 Å². The Morgan fingerprint density at radius 3 is 2.19 bits per heavy atom. The Hall–Kier alpha value is -3.02. The lowest BCUT2D eigenvalue weighted by molar-refractivity contribution is -0.123. The average molecular weight is 427 g/mol. The van der Waals surface area contributed by atoms with Crippen molar-refractivity contribution in [3.8, 4) is 11.5 Å². The zero-order valence-electron chi connectivity index (χ0n) is 18.6. The number of rotatable bonds is 11. The molecule has 6 nitrogen and oxygen atoms in total. The third kappa shape index (κ3) is 8.32. The Morgan fingerprint density at radius 1 is 0.871 bits per heavy atom. The molecule has 6 heteroatoms. The van der Waals surface area contributed by atoms with Crippen molar-refractivity contribution in [2.45, 2.75) is 52.4 Å². The van der Waals surface area contributed by atoms with Crippen LogP contribution in [0.4, 0.5) is 0 Å². The molecule has 0 aliphatic carbocycles. The van der Waals surface area contributed by atoms with Gasteiger partial charge >= 0.3 is 0 Å². The van der Waals surface area contributed by atoms with Crippen LogP contribution in [0.2, 0.25) is 0 Å². The number of carbonyl (C=O) groups is 2. The molecule has 2 aromatic rings. The first kappa shape index (κ1) is 24.3. The lowest BCUT2D eigenvalue weighted by Crippen LogP contribution is -2.30. The van der Waals surface area contributed by atoms with Gasteiger partial charge in [-0.2, -0.15) is 0 Å². The summed E-state index contributed by atoms with van der Waals surface area (Å²) in [4.78, 5) is 24.3. The van der Waals surface area contributed by atoms with Gasteiger partial charge in [0.15, 0.2) is 11.5 Å². The molecule has 0 fully saturated rings. The molecule has 0 spiro atoms. The molecule has 168 valence electrons. The molecule has 31 heavy (non-hydrogen) atoms. The molecule has 0 aliphatic heterocycles. The quantitative estimate of drug-likeness (QED) is 0.326. The van der Waals surface area contributed by atoms with E-state index in [9.17, 15) is 19.8 Å². The predicted octanol–water partition coefficient (Wildman–Crippen LogP) is 3.66. The number of aromatic hydroxyl groups is 2. The zero-order chi connectivity index (χ0) is 22.8. The minimum absolute atomic E-state index is 0.0378. The SMILES string of the molecule is CC(C)Cc1ccc(C(C)C(=O)NCCCC(=O)NCCc2ccc(O)c(O)c2)cc1. The molecule has 0 heterocycles. The normalized spacial score (nSPS) is 11.9. The van der Waals surface area contributed by atoms with E-state index in [1.165, 1.54) is 17.7 Å². The number of phenols is 2. The maximum absolute atomic E-state index is 12.4. The van der Waals surface area contributed by atoms with E-state index in [0.717, 1.165) is 17.5 Å². The summed E-state index contributed by atoms with van der Waals surface area (Å²) >= 11 is 0. The van der Waals surface area contributed by atoms with E-state index < -0.39 is 0 Å². The van der Waals surface area contributed by atoms with Gasteiger partial charge in [0.05, 0.1) is 5.92 Å². The monoisotopic (exact) mass is 426 g/mol. The van der Waals surface area contributed by atoms with Gasteiger partial charge in [0.2, 0.25) is 11.8 Å². The van der Waals surface area contributed by atoms with Gasteiger partial charge in [-0.25, -0.2) is 0 Å². The van der Waals surface area contributed by atoms with E-state index in [4.69, 9.17) is 0 Å². The van der Waals surface area contributed by atoms with Crippen molar-refractivity contribution in [3.05, 3.63) is 59.2 Å². The van der Waals surface area contributed by atoms with E-state index in [1.807, 2.05) is 19.1 Å². The first-order valence-corrected chi connectivity index (χ1v) is 10.9. The molecule has 0 saturated carbocycles. The molecular formula is C25H34N2O4. The first-order chi connectivity index (χ1) is 14.8. The molecule has 1 atom stereocenters. The second-order valence-corrected chi connectivity index (χ2v) is 8.38. The van der Waals surface area contributed by atoms with Crippen molar-refractivity contribution in [2.75, 3.05) is 13.1 Å². The van der Waals surface area contributed by atoms with Crippen LogP contribution in [-0.2, 0) is 22.4 Å². The van der Waals surface area contributed by atoms with Crippen molar-refractivity contribution in [1.82, 2.24) is 10.6 Å². The number of amides is 2. The van der Waals surface area contributed by atoms with Crippen LogP contribution in [-0.4, -0.2) is 35.1 Å². The highest BCUT2D eigenvalue weighted by Crippen LogP contribution is 2.24. The van der Waals surface area contributed by atoms with Gasteiger partial charge in [-0.15, -0.1) is 0 Å². The van der Waals surface area contributed by atoms with E-state index in [1.54, 1.807) is 6.07 Å². The first-order valence-electron chi connectivity index (χ1n) is 10.9. The van der Waals surface area contributed by atoms with Gasteiger partial charge in [0.1, 0.15) is 0 Å². The maximum Gasteiger partial charge on any atom is 0.227 e. The van der Waals surface area contributed by atoms with Crippen molar-refractivity contribution in [1.29, 1.82) is 0 Å². The number of nitrogens with one attached hydrogen (secondary N) is 2. The molecule has 2 amide bonds. The number of benzene rings is 2. The predicted molar refractivity (Wildman–Crippen MR) is 122 cm³/mol. The van der Waals surface area contributed by atoms with Crippen molar-refractivity contribution >= 4 is 11.8 Å². The smallest absolute Gasteiger partial charge is 0.227 e. The maximum atomic E-state index is 12.4. The van der Waals surface area contributed by atoms with Gasteiger partial charge < -0.3 is 20.8 Å². The Bertz CT molecular complexity index is 862. The summed E-state index contributed by atoms with van der Waals surface area (Å²) in [6.07, 6.45) is 2.49. The van der Waals surface area contributed by atoms with Crippen LogP contribution in [0.25, 0.3) is 0 Å². The van der Waals surface area contributed by atoms with Gasteiger partial charge in [-0.1, -0.05) is 44.2 Å². The third-order valence-corrected chi connectivity index (χ3v) is 5.17. The fourth-order valence-electron chi connectivity index (χ4n) is 3.34. The Balaban J connectivity index is 1.63. The molecule has 4 N–H and O–H groups in total. The summed E-state index contributed by atoms with van der Waals surface area (Å²) in [6, 6.07) is 12.8. The fourth-order valence-corrected chi connectivity index (χ4v) is 3.34. The Labute approximate surface area is 184 Å². The summed E-state index contributed by atoms with van der Waals surface area (Å²) in [5.74, 6) is -0.0728. The summed E-state index contributed by atoms with van der Waals surface area (Å²) in [5, 5.41) is 24.5. The molecular weight excluding hydrogens is 392 g/mol. The standard InChI is InChI=1S/C25H34N2O4/c1-17(2)15-19-6-9-21(10-7-19)18(3)25(31)27-13-4-5-24(30)26-14-12-20-8-11-22(28)23(29)16-20/h6-11,16-18,28-29H,4-5,12-15H2,1-3H3,(H,26,30)(H,27,31). The van der Waals surface area contributed by atoms with Crippen molar-refractivity contribution in [2.24, 2.45) is 5.92 Å². The largest absolute Gasteiger partial charge is 0.504 e. The second-order valence-electron chi connectivity index (χ2n) is 8.38. The molecule has 0 saturated heterocycles. The molecule has 0 radical (unpaired) electrons. The average Bonchev–Trinajstić information content (AvgIpc) is 2.73. The van der Waals surface area contributed by atoms with Gasteiger partial charge in [-0.05, 0) is 60.9 Å². The minimum Gasteiger partial charge on any atom is -0.504 e. The van der Waals surface area contributed by atoms with Gasteiger partial charge in [-0.3, -0.25) is 9.59 Å². The highest BCUT2D eigenvalue weighted by Gasteiger charge is 2.15. The highest BCUT2D eigenvalue weighted by atomic mass is 16.3. The molecule has 2 aromatic carbocycles.